The van der Waals surface area contributed by atoms with Gasteiger partial charge < -0.3 is 9.84 Å². The number of hydrogen-bond donors (Lipinski definition) is 1. The van der Waals surface area contributed by atoms with Gasteiger partial charge in [0.05, 0.1) is 12.4 Å². The summed E-state index contributed by atoms with van der Waals surface area (Å²) < 4.78 is 29.3. The third-order valence-electron chi connectivity index (χ3n) is 5.74. The number of esters is 1. The van der Waals surface area contributed by atoms with E-state index in [9.17, 15) is 18.3 Å². The predicted octanol–water partition coefficient (Wildman–Crippen LogP) is 0.989. The highest BCUT2D eigenvalue weighted by Crippen LogP contribution is 2.34. The van der Waals surface area contributed by atoms with Crippen molar-refractivity contribution < 1.29 is 23.1 Å². The Bertz CT molecular complexity index is 728. The molecule has 0 saturated carbocycles. The van der Waals surface area contributed by atoms with E-state index < -0.39 is 27.8 Å². The highest BCUT2D eigenvalue weighted by atomic mass is 32.2. The van der Waals surface area contributed by atoms with Crippen LogP contribution in [0.5, 0.6) is 0 Å². The molecule has 3 saturated heterocycles. The molecule has 1 aromatic carbocycles. The zero-order valence-electron chi connectivity index (χ0n) is 15.1. The first-order valence-corrected chi connectivity index (χ1v) is 11.2. The summed E-state index contributed by atoms with van der Waals surface area (Å²) in [7, 11) is -3.28. The molecule has 0 aromatic heterocycles. The lowest BCUT2D eigenvalue weighted by Crippen LogP contribution is -2.54. The van der Waals surface area contributed by atoms with Crippen LogP contribution in [0.4, 0.5) is 0 Å². The number of carbonyl (C=O) groups is 1. The molecule has 3 fully saturated rings. The van der Waals surface area contributed by atoms with Crippen LogP contribution in [0.25, 0.3) is 0 Å². The van der Waals surface area contributed by atoms with Crippen molar-refractivity contribution >= 4 is 15.8 Å². The van der Waals surface area contributed by atoms with Gasteiger partial charge in [0.1, 0.15) is 21.4 Å². The summed E-state index contributed by atoms with van der Waals surface area (Å²) in [5.41, 5.74) is -0.756. The number of aliphatic hydroxyl groups is 1. The van der Waals surface area contributed by atoms with Crippen molar-refractivity contribution in [2.75, 3.05) is 38.2 Å². The maximum atomic E-state index is 13.2. The van der Waals surface area contributed by atoms with Crippen molar-refractivity contribution in [2.24, 2.45) is 5.92 Å². The first-order valence-electron chi connectivity index (χ1n) is 9.11. The predicted molar refractivity (Wildman–Crippen MR) is 98.6 cm³/mol. The smallest absolute Gasteiger partial charge is 0.319 e. The Morgan fingerprint density at radius 2 is 1.92 bits per heavy atom. The maximum absolute atomic E-state index is 13.2. The van der Waals surface area contributed by atoms with E-state index in [-0.39, 0.29) is 18.3 Å². The second-order valence-electron chi connectivity index (χ2n) is 7.57. The van der Waals surface area contributed by atoms with Gasteiger partial charge in [0.2, 0.25) is 0 Å². The van der Waals surface area contributed by atoms with Crippen LogP contribution in [0.3, 0.4) is 0 Å². The van der Waals surface area contributed by atoms with Crippen LogP contribution in [0.1, 0.15) is 24.8 Å². The Kier molecular flexibility index (Phi) is 5.69. The van der Waals surface area contributed by atoms with Crippen LogP contribution >= 0.6 is 0 Å². The van der Waals surface area contributed by atoms with E-state index in [0.717, 1.165) is 38.7 Å². The Labute approximate surface area is 155 Å². The third kappa shape index (κ3) is 4.10. The van der Waals surface area contributed by atoms with Crippen LogP contribution < -0.4 is 0 Å². The molecule has 1 N–H and O–H groups in total. The lowest BCUT2D eigenvalue weighted by molar-refractivity contribution is -0.167. The fourth-order valence-electron chi connectivity index (χ4n) is 4.01. The highest BCUT2D eigenvalue weighted by Gasteiger charge is 2.45. The molecule has 1 aromatic rings. The van der Waals surface area contributed by atoms with E-state index in [0.29, 0.717) is 11.5 Å². The van der Waals surface area contributed by atoms with Crippen LogP contribution in [0.15, 0.2) is 30.3 Å². The van der Waals surface area contributed by atoms with E-state index in [1.54, 1.807) is 24.3 Å². The summed E-state index contributed by atoms with van der Waals surface area (Å²) in [5.74, 6) is -0.350. The molecule has 4 rings (SSSR count). The van der Waals surface area contributed by atoms with Gasteiger partial charge in [-0.05, 0) is 43.8 Å². The molecule has 3 heterocycles. The number of benzene rings is 1. The molecule has 0 spiro atoms. The number of nitrogens with zero attached hydrogens (tertiary/aromatic N) is 1. The number of hydrogen-bond acceptors (Lipinski definition) is 6. The minimum absolute atomic E-state index is 0.00623. The summed E-state index contributed by atoms with van der Waals surface area (Å²) in [4.78, 5) is 15.5. The average molecular weight is 381 g/mol. The van der Waals surface area contributed by atoms with Gasteiger partial charge >= 0.3 is 5.97 Å². The average Bonchev–Trinajstić information content (AvgIpc) is 2.64. The van der Waals surface area contributed by atoms with Gasteiger partial charge in [0.15, 0.2) is 0 Å². The quantitative estimate of drug-likeness (QED) is 0.709. The summed E-state index contributed by atoms with van der Waals surface area (Å²) in [5, 5.41) is 10.2. The van der Waals surface area contributed by atoms with Crippen molar-refractivity contribution in [1.82, 2.24) is 4.90 Å². The fourth-order valence-corrected chi connectivity index (χ4v) is 4.73. The third-order valence-corrected chi connectivity index (χ3v) is 6.69. The molecule has 2 atom stereocenters. The number of aliphatic hydroxyl groups excluding tert-OH is 1. The maximum Gasteiger partial charge on any atom is 0.319 e. The van der Waals surface area contributed by atoms with Gasteiger partial charge in [0, 0.05) is 12.8 Å². The molecular formula is C19H27NO5S. The summed E-state index contributed by atoms with van der Waals surface area (Å²) >= 11 is 0. The zero-order valence-corrected chi connectivity index (χ0v) is 16.0. The van der Waals surface area contributed by atoms with E-state index in [1.807, 2.05) is 6.07 Å². The molecule has 3 aliphatic heterocycles. The molecule has 144 valence electrons. The number of piperidine rings is 3. The van der Waals surface area contributed by atoms with Crippen molar-refractivity contribution in [2.45, 2.75) is 30.8 Å². The minimum Gasteiger partial charge on any atom is -0.460 e. The fraction of sp³-hybridized carbons (Fsp3) is 0.632. The summed E-state index contributed by atoms with van der Waals surface area (Å²) in [6, 6.07) is 8.87. The van der Waals surface area contributed by atoms with Gasteiger partial charge in [-0.3, -0.25) is 9.69 Å². The Morgan fingerprint density at radius 3 is 2.42 bits per heavy atom. The largest absolute Gasteiger partial charge is 0.460 e. The summed E-state index contributed by atoms with van der Waals surface area (Å²) in [6.45, 7) is 2.32. The van der Waals surface area contributed by atoms with Gasteiger partial charge in [0.25, 0.3) is 0 Å². The zero-order chi connectivity index (χ0) is 18.8. The van der Waals surface area contributed by atoms with E-state index in [4.69, 9.17) is 4.74 Å². The van der Waals surface area contributed by atoms with Gasteiger partial charge in [-0.1, -0.05) is 30.3 Å². The first-order chi connectivity index (χ1) is 12.3. The number of sulfone groups is 1. The Balaban J connectivity index is 1.85. The lowest BCUT2D eigenvalue weighted by atomic mass is 9.78. The number of carbonyl (C=O) groups excluding carboxylic acids is 1. The van der Waals surface area contributed by atoms with Crippen LogP contribution in [-0.4, -0.2) is 68.7 Å². The number of rotatable bonds is 7. The van der Waals surface area contributed by atoms with Crippen molar-refractivity contribution in [3.63, 3.8) is 0 Å². The molecule has 3 aliphatic rings. The Morgan fingerprint density at radius 1 is 1.27 bits per heavy atom. The topological polar surface area (TPSA) is 83.9 Å². The van der Waals surface area contributed by atoms with Gasteiger partial charge in [-0.25, -0.2) is 8.42 Å². The second-order valence-corrected chi connectivity index (χ2v) is 9.83. The summed E-state index contributed by atoms with van der Waals surface area (Å²) in [6.07, 6.45) is 2.99. The monoisotopic (exact) mass is 381 g/mol. The van der Waals surface area contributed by atoms with Gasteiger partial charge in [-0.15, -0.1) is 0 Å². The SMILES string of the molecule is CS(=O)(=O)CC[C@](CO)(C(=O)O[C@H]1CN2CCC1CC2)c1ccccc1. The van der Waals surface area contributed by atoms with E-state index in [1.165, 1.54) is 0 Å². The lowest BCUT2D eigenvalue weighted by Gasteiger charge is -2.45. The van der Waals surface area contributed by atoms with Crippen LogP contribution in [0, 0.1) is 5.92 Å². The highest BCUT2D eigenvalue weighted by molar-refractivity contribution is 7.90. The molecule has 0 amide bonds. The molecule has 2 bridgehead atoms. The molecular weight excluding hydrogens is 354 g/mol. The number of fused-ring (bicyclic) bond motifs is 3. The normalized spacial score (nSPS) is 27.7. The Hall–Kier alpha value is -1.44. The first kappa shape index (κ1) is 19.3. The molecule has 0 unspecified atom stereocenters. The molecule has 0 aliphatic carbocycles. The van der Waals surface area contributed by atoms with Crippen LogP contribution in [-0.2, 0) is 24.8 Å². The molecule has 6 nitrogen and oxygen atoms in total. The van der Waals surface area contributed by atoms with Crippen molar-refractivity contribution in [3.8, 4) is 0 Å². The molecule has 7 heteroatoms. The standard InChI is InChI=1S/C19H27NO5S/c1-26(23,24)12-9-19(14-21,16-5-3-2-4-6-16)18(22)25-17-13-20-10-7-15(17)8-11-20/h2-6,15,17,21H,7-14H2,1H3/t17-,19+/m0/s1. The minimum atomic E-state index is -3.28. The van der Waals surface area contributed by atoms with E-state index >= 15 is 0 Å². The second kappa shape index (κ2) is 7.66. The van der Waals surface area contributed by atoms with Crippen LogP contribution in [0.2, 0.25) is 0 Å². The number of ether oxygens (including phenoxy) is 1. The van der Waals surface area contributed by atoms with Crippen molar-refractivity contribution in [1.29, 1.82) is 0 Å². The molecule has 0 radical (unpaired) electrons. The van der Waals surface area contributed by atoms with Gasteiger partial charge in [-0.2, -0.15) is 0 Å². The molecule has 26 heavy (non-hydrogen) atoms. The van der Waals surface area contributed by atoms with E-state index in [2.05, 4.69) is 4.90 Å². The van der Waals surface area contributed by atoms with Crippen molar-refractivity contribution in [3.05, 3.63) is 35.9 Å².